The van der Waals surface area contributed by atoms with Crippen LogP contribution >= 0.6 is 11.8 Å². The lowest BCUT2D eigenvalue weighted by Crippen LogP contribution is -2.15. The molecule has 19 heavy (non-hydrogen) atoms. The van der Waals surface area contributed by atoms with Crippen molar-refractivity contribution in [3.63, 3.8) is 0 Å². The van der Waals surface area contributed by atoms with E-state index < -0.39 is 0 Å². The van der Waals surface area contributed by atoms with Crippen molar-refractivity contribution in [3.05, 3.63) is 30.1 Å². The van der Waals surface area contributed by atoms with Gasteiger partial charge in [-0.05, 0) is 30.0 Å². The summed E-state index contributed by atoms with van der Waals surface area (Å²) in [5.41, 5.74) is 0. The van der Waals surface area contributed by atoms with E-state index in [4.69, 9.17) is 0 Å². The molecule has 1 N–H and O–H groups in total. The summed E-state index contributed by atoms with van der Waals surface area (Å²) < 4.78 is 13.1. The number of rotatable bonds is 4. The second-order valence-electron chi connectivity index (χ2n) is 3.95. The van der Waals surface area contributed by atoms with Gasteiger partial charge in [-0.2, -0.15) is 15.0 Å². The van der Waals surface area contributed by atoms with E-state index in [1.165, 1.54) is 23.9 Å². The van der Waals surface area contributed by atoms with Gasteiger partial charge in [-0.15, -0.1) is 0 Å². The molecule has 0 fully saturated rings. The second-order valence-corrected chi connectivity index (χ2v) is 4.99. The van der Waals surface area contributed by atoms with Crippen LogP contribution < -0.4 is 10.2 Å². The van der Waals surface area contributed by atoms with Crippen LogP contribution in [-0.4, -0.2) is 36.1 Å². The SMILES string of the molecule is CNc1nc(Sc2cccc(F)c2)nc(N(C)C)n1. The van der Waals surface area contributed by atoms with Gasteiger partial charge >= 0.3 is 0 Å². The highest BCUT2D eigenvalue weighted by Crippen LogP contribution is 2.26. The smallest absolute Gasteiger partial charge is 0.230 e. The molecule has 0 amide bonds. The van der Waals surface area contributed by atoms with Gasteiger partial charge in [-0.25, -0.2) is 4.39 Å². The molecule has 5 nitrogen and oxygen atoms in total. The van der Waals surface area contributed by atoms with Crippen molar-refractivity contribution in [2.45, 2.75) is 10.1 Å². The zero-order valence-corrected chi connectivity index (χ0v) is 11.7. The molecule has 0 spiro atoms. The minimum absolute atomic E-state index is 0.277. The average molecular weight is 279 g/mol. The number of nitrogens with zero attached hydrogens (tertiary/aromatic N) is 4. The molecular formula is C12H14FN5S. The molecule has 1 aromatic carbocycles. The first-order chi connectivity index (χ1) is 9.08. The summed E-state index contributed by atoms with van der Waals surface area (Å²) >= 11 is 1.29. The Kier molecular flexibility index (Phi) is 4.16. The van der Waals surface area contributed by atoms with Gasteiger partial charge in [0.2, 0.25) is 11.9 Å². The fraction of sp³-hybridized carbons (Fsp3) is 0.250. The van der Waals surface area contributed by atoms with Gasteiger partial charge in [0.15, 0.2) is 5.16 Å². The molecule has 0 saturated carbocycles. The number of anilines is 2. The first-order valence-electron chi connectivity index (χ1n) is 5.63. The third kappa shape index (κ3) is 3.54. The lowest BCUT2D eigenvalue weighted by atomic mass is 10.4. The molecular weight excluding hydrogens is 265 g/mol. The van der Waals surface area contributed by atoms with Gasteiger partial charge < -0.3 is 10.2 Å². The van der Waals surface area contributed by atoms with E-state index >= 15 is 0 Å². The first kappa shape index (κ1) is 13.5. The van der Waals surface area contributed by atoms with Crippen LogP contribution in [-0.2, 0) is 0 Å². The molecule has 2 rings (SSSR count). The molecule has 0 aliphatic heterocycles. The molecule has 0 atom stereocenters. The highest BCUT2D eigenvalue weighted by Gasteiger charge is 2.09. The quantitative estimate of drug-likeness (QED) is 0.926. The summed E-state index contributed by atoms with van der Waals surface area (Å²) in [6.07, 6.45) is 0. The van der Waals surface area contributed by atoms with Crippen molar-refractivity contribution in [1.82, 2.24) is 15.0 Å². The van der Waals surface area contributed by atoms with E-state index in [-0.39, 0.29) is 5.82 Å². The first-order valence-corrected chi connectivity index (χ1v) is 6.44. The molecule has 7 heteroatoms. The Morgan fingerprint density at radius 3 is 2.63 bits per heavy atom. The summed E-state index contributed by atoms with van der Waals surface area (Å²) in [7, 11) is 5.45. The molecule has 0 saturated heterocycles. The van der Waals surface area contributed by atoms with Gasteiger partial charge in [0.1, 0.15) is 5.82 Å². The third-order valence-electron chi connectivity index (χ3n) is 2.23. The van der Waals surface area contributed by atoms with E-state index in [2.05, 4.69) is 20.3 Å². The maximum Gasteiger partial charge on any atom is 0.230 e. The highest BCUT2D eigenvalue weighted by atomic mass is 32.2. The van der Waals surface area contributed by atoms with E-state index in [0.29, 0.717) is 17.1 Å². The number of benzene rings is 1. The van der Waals surface area contributed by atoms with Gasteiger partial charge in [0.25, 0.3) is 0 Å². The molecule has 0 unspecified atom stereocenters. The van der Waals surface area contributed by atoms with Gasteiger partial charge in [0, 0.05) is 26.0 Å². The summed E-state index contributed by atoms with van der Waals surface area (Å²) in [4.78, 5) is 15.3. The second kappa shape index (κ2) is 5.83. The molecule has 100 valence electrons. The molecule has 1 heterocycles. The number of aromatic nitrogens is 3. The van der Waals surface area contributed by atoms with Crippen LogP contribution in [0.3, 0.4) is 0 Å². The van der Waals surface area contributed by atoms with Crippen molar-refractivity contribution in [1.29, 1.82) is 0 Å². The van der Waals surface area contributed by atoms with Crippen molar-refractivity contribution in [2.75, 3.05) is 31.4 Å². The fourth-order valence-corrected chi connectivity index (χ4v) is 2.13. The van der Waals surface area contributed by atoms with Gasteiger partial charge in [0.05, 0.1) is 0 Å². The van der Waals surface area contributed by atoms with Crippen molar-refractivity contribution < 1.29 is 4.39 Å². The van der Waals surface area contributed by atoms with Crippen molar-refractivity contribution in [2.24, 2.45) is 0 Å². The number of hydrogen-bond acceptors (Lipinski definition) is 6. The zero-order valence-electron chi connectivity index (χ0n) is 10.9. The van der Waals surface area contributed by atoms with E-state index in [9.17, 15) is 4.39 Å². The lowest BCUT2D eigenvalue weighted by Gasteiger charge is -2.12. The highest BCUT2D eigenvalue weighted by molar-refractivity contribution is 7.99. The van der Waals surface area contributed by atoms with Gasteiger partial charge in [-0.3, -0.25) is 0 Å². The Hall–Kier alpha value is -1.89. The minimum atomic E-state index is -0.277. The van der Waals surface area contributed by atoms with Gasteiger partial charge in [-0.1, -0.05) is 6.07 Å². The molecule has 0 aliphatic carbocycles. The Balaban J connectivity index is 2.31. The maximum absolute atomic E-state index is 13.1. The summed E-state index contributed by atoms with van der Waals surface area (Å²) in [5, 5.41) is 3.41. The Morgan fingerprint density at radius 2 is 2.00 bits per heavy atom. The lowest BCUT2D eigenvalue weighted by molar-refractivity contribution is 0.624. The molecule has 0 radical (unpaired) electrons. The van der Waals surface area contributed by atoms with E-state index in [1.807, 2.05) is 20.2 Å². The van der Waals surface area contributed by atoms with Crippen LogP contribution in [0, 0.1) is 5.82 Å². The molecule has 2 aromatic rings. The molecule has 0 aliphatic rings. The third-order valence-corrected chi connectivity index (χ3v) is 3.09. The fourth-order valence-electron chi connectivity index (χ4n) is 1.34. The summed E-state index contributed by atoms with van der Waals surface area (Å²) in [6, 6.07) is 6.32. The minimum Gasteiger partial charge on any atom is -0.357 e. The molecule has 1 aromatic heterocycles. The van der Waals surface area contributed by atoms with E-state index in [1.54, 1.807) is 18.0 Å². The largest absolute Gasteiger partial charge is 0.357 e. The van der Waals surface area contributed by atoms with Crippen molar-refractivity contribution >= 4 is 23.7 Å². The van der Waals surface area contributed by atoms with Crippen LogP contribution in [0.15, 0.2) is 34.3 Å². The molecule has 0 bridgehead atoms. The van der Waals surface area contributed by atoms with E-state index in [0.717, 1.165) is 4.90 Å². The predicted molar refractivity (Wildman–Crippen MR) is 74.2 cm³/mol. The number of halogens is 1. The van der Waals surface area contributed by atoms with Crippen LogP contribution in [0.2, 0.25) is 0 Å². The maximum atomic E-state index is 13.1. The Labute approximate surface area is 115 Å². The van der Waals surface area contributed by atoms with Crippen LogP contribution in [0.5, 0.6) is 0 Å². The predicted octanol–water partition coefficient (Wildman–Crippen LogP) is 2.27. The zero-order chi connectivity index (χ0) is 13.8. The Bertz CT molecular complexity index is 576. The average Bonchev–Trinajstić information content (AvgIpc) is 2.38. The monoisotopic (exact) mass is 279 g/mol. The van der Waals surface area contributed by atoms with Crippen LogP contribution in [0.4, 0.5) is 16.3 Å². The normalized spacial score (nSPS) is 10.3. The van der Waals surface area contributed by atoms with Crippen LogP contribution in [0.1, 0.15) is 0 Å². The topological polar surface area (TPSA) is 53.9 Å². The van der Waals surface area contributed by atoms with Crippen molar-refractivity contribution in [3.8, 4) is 0 Å². The summed E-state index contributed by atoms with van der Waals surface area (Å²) in [6.45, 7) is 0. The Morgan fingerprint density at radius 1 is 1.21 bits per heavy atom. The number of nitrogens with one attached hydrogen (secondary N) is 1. The van der Waals surface area contributed by atoms with Crippen LogP contribution in [0.25, 0.3) is 0 Å². The number of hydrogen-bond donors (Lipinski definition) is 1. The summed E-state index contributed by atoms with van der Waals surface area (Å²) in [5.74, 6) is 0.761. The standard InChI is InChI=1S/C12H14FN5S/c1-14-10-15-11(18(2)3)17-12(16-10)19-9-6-4-5-8(13)7-9/h4-7H,1-3H3,(H,14,15,16,17).